The third-order valence-corrected chi connectivity index (χ3v) is 5.14. The van der Waals surface area contributed by atoms with Gasteiger partial charge in [0.2, 0.25) is 5.91 Å². The van der Waals surface area contributed by atoms with Gasteiger partial charge in [-0.05, 0) is 24.1 Å². The Kier molecular flexibility index (Phi) is 7.06. The van der Waals surface area contributed by atoms with Crippen molar-refractivity contribution in [3.63, 3.8) is 0 Å². The Labute approximate surface area is 176 Å². The van der Waals surface area contributed by atoms with E-state index in [1.807, 2.05) is 49.4 Å². The van der Waals surface area contributed by atoms with Crippen LogP contribution in [0.4, 0.5) is 5.69 Å². The van der Waals surface area contributed by atoms with Crippen molar-refractivity contribution in [1.29, 1.82) is 0 Å². The summed E-state index contributed by atoms with van der Waals surface area (Å²) in [5.41, 5.74) is 2.71. The number of carbonyl (C=O) groups is 3. The van der Waals surface area contributed by atoms with Gasteiger partial charge in [-0.3, -0.25) is 14.4 Å². The molecule has 1 N–H and O–H groups in total. The average Bonchev–Trinajstić information content (AvgIpc) is 3.17. The van der Waals surface area contributed by atoms with Gasteiger partial charge in [0.1, 0.15) is 5.75 Å². The van der Waals surface area contributed by atoms with E-state index in [4.69, 9.17) is 9.47 Å². The number of ether oxygens (including phenoxy) is 2. The lowest BCUT2D eigenvalue weighted by molar-refractivity contribution is -0.152. The van der Waals surface area contributed by atoms with Crippen molar-refractivity contribution in [3.8, 4) is 5.75 Å². The summed E-state index contributed by atoms with van der Waals surface area (Å²) in [6.45, 7) is 2.17. The predicted molar refractivity (Wildman–Crippen MR) is 112 cm³/mol. The molecule has 0 saturated carbocycles. The van der Waals surface area contributed by atoms with E-state index in [-0.39, 0.29) is 32.0 Å². The number of esters is 1. The van der Waals surface area contributed by atoms with Gasteiger partial charge in [-0.25, -0.2) is 0 Å². The number of aryl methyl sites for hydroxylation is 1. The minimum Gasteiger partial charge on any atom is -0.496 e. The summed E-state index contributed by atoms with van der Waals surface area (Å²) in [5.74, 6) is -0.964. The van der Waals surface area contributed by atoms with Gasteiger partial charge in [-0.15, -0.1) is 0 Å². The summed E-state index contributed by atoms with van der Waals surface area (Å²) in [4.78, 5) is 38.5. The number of nitrogens with one attached hydrogen (secondary N) is 1. The fourth-order valence-corrected chi connectivity index (χ4v) is 3.52. The Balaban J connectivity index is 1.50. The Morgan fingerprint density at radius 3 is 2.53 bits per heavy atom. The van der Waals surface area contributed by atoms with E-state index in [1.54, 1.807) is 18.1 Å². The number of anilines is 1. The number of hydrogen-bond acceptors (Lipinski definition) is 5. The zero-order valence-corrected chi connectivity index (χ0v) is 17.2. The molecule has 7 heteroatoms. The summed E-state index contributed by atoms with van der Waals surface area (Å²) >= 11 is 0. The zero-order chi connectivity index (χ0) is 21.5. The average molecular weight is 410 g/mol. The number of carbonyl (C=O) groups excluding carboxylic acids is 3. The molecular weight excluding hydrogens is 384 g/mol. The third kappa shape index (κ3) is 4.97. The van der Waals surface area contributed by atoms with Crippen LogP contribution in [0.25, 0.3) is 0 Å². The first kappa shape index (κ1) is 21.4. The number of benzene rings is 2. The highest BCUT2D eigenvalue weighted by Crippen LogP contribution is 2.29. The first-order chi connectivity index (χ1) is 14.5. The Bertz CT molecular complexity index is 927. The number of methoxy groups -OCH3 is 1. The van der Waals surface area contributed by atoms with Crippen LogP contribution < -0.4 is 15.0 Å². The molecule has 0 spiro atoms. The van der Waals surface area contributed by atoms with E-state index in [0.29, 0.717) is 5.75 Å². The van der Waals surface area contributed by atoms with E-state index in [9.17, 15) is 14.4 Å². The zero-order valence-electron chi connectivity index (χ0n) is 17.2. The standard InChI is InChI=1S/C23H26N2O5/c1-3-16-8-4-6-10-19(16)25-14-18(12-22(25)27)23(28)30-15-21(26)24-13-17-9-5-7-11-20(17)29-2/h4-11,18H,3,12-15H2,1-2H3,(H,24,26)/t18-/m1/s1. The highest BCUT2D eigenvalue weighted by molar-refractivity contribution is 6.00. The summed E-state index contributed by atoms with van der Waals surface area (Å²) in [5, 5.41) is 2.70. The van der Waals surface area contributed by atoms with Crippen LogP contribution in [0, 0.1) is 5.92 Å². The molecule has 7 nitrogen and oxygen atoms in total. The van der Waals surface area contributed by atoms with Gasteiger partial charge >= 0.3 is 5.97 Å². The van der Waals surface area contributed by atoms with Crippen molar-refractivity contribution in [3.05, 3.63) is 59.7 Å². The molecule has 1 aliphatic heterocycles. The van der Waals surface area contributed by atoms with Crippen molar-refractivity contribution in [2.75, 3.05) is 25.2 Å². The maximum absolute atomic E-state index is 12.4. The molecule has 2 amide bonds. The summed E-state index contributed by atoms with van der Waals surface area (Å²) in [6.07, 6.45) is 0.876. The fourth-order valence-electron chi connectivity index (χ4n) is 3.52. The lowest BCUT2D eigenvalue weighted by Gasteiger charge is -2.19. The smallest absolute Gasteiger partial charge is 0.311 e. The molecule has 1 heterocycles. The van der Waals surface area contributed by atoms with E-state index in [1.165, 1.54) is 0 Å². The van der Waals surface area contributed by atoms with Crippen LogP contribution in [0.3, 0.4) is 0 Å². The van der Waals surface area contributed by atoms with Crippen LogP contribution in [-0.4, -0.2) is 38.0 Å². The van der Waals surface area contributed by atoms with Crippen molar-refractivity contribution in [2.24, 2.45) is 5.92 Å². The molecule has 1 saturated heterocycles. The second kappa shape index (κ2) is 9.91. The lowest BCUT2D eigenvalue weighted by Crippen LogP contribution is -2.31. The minimum atomic E-state index is -0.579. The van der Waals surface area contributed by atoms with Crippen molar-refractivity contribution < 1.29 is 23.9 Å². The second-order valence-corrected chi connectivity index (χ2v) is 7.08. The quantitative estimate of drug-likeness (QED) is 0.676. The Hall–Kier alpha value is -3.35. The van der Waals surface area contributed by atoms with Gasteiger partial charge in [0.05, 0.1) is 13.0 Å². The highest BCUT2D eigenvalue weighted by Gasteiger charge is 2.36. The number of amides is 2. The van der Waals surface area contributed by atoms with Crippen molar-refractivity contribution in [1.82, 2.24) is 5.32 Å². The molecule has 1 atom stereocenters. The number of rotatable bonds is 8. The molecule has 1 aliphatic rings. The molecule has 2 aromatic carbocycles. The molecule has 2 aromatic rings. The summed E-state index contributed by atoms with van der Waals surface area (Å²) in [6, 6.07) is 15.0. The molecule has 0 bridgehead atoms. The molecule has 0 aliphatic carbocycles. The molecular formula is C23H26N2O5. The predicted octanol–water partition coefficient (Wildman–Crippen LogP) is 2.47. The number of hydrogen-bond donors (Lipinski definition) is 1. The largest absolute Gasteiger partial charge is 0.496 e. The van der Waals surface area contributed by atoms with Crippen LogP contribution in [0.1, 0.15) is 24.5 Å². The van der Waals surface area contributed by atoms with Crippen LogP contribution in [-0.2, 0) is 32.1 Å². The normalized spacial score (nSPS) is 15.7. The van der Waals surface area contributed by atoms with Crippen LogP contribution in [0.5, 0.6) is 5.75 Å². The van der Waals surface area contributed by atoms with Gasteiger partial charge in [0.15, 0.2) is 6.61 Å². The SMILES string of the molecule is CCc1ccccc1N1C[C@H](C(=O)OCC(=O)NCc2ccccc2OC)CC1=O. The maximum Gasteiger partial charge on any atom is 0.311 e. The van der Waals surface area contributed by atoms with Gasteiger partial charge in [0.25, 0.3) is 5.91 Å². The molecule has 0 unspecified atom stereocenters. The van der Waals surface area contributed by atoms with Crippen molar-refractivity contribution >= 4 is 23.5 Å². The first-order valence-corrected chi connectivity index (χ1v) is 9.97. The summed E-state index contributed by atoms with van der Waals surface area (Å²) < 4.78 is 10.4. The highest BCUT2D eigenvalue weighted by atomic mass is 16.5. The van der Waals surface area contributed by atoms with Gasteiger partial charge in [0, 0.05) is 30.8 Å². The molecule has 30 heavy (non-hydrogen) atoms. The summed E-state index contributed by atoms with van der Waals surface area (Å²) in [7, 11) is 1.56. The van der Waals surface area contributed by atoms with E-state index >= 15 is 0 Å². The van der Waals surface area contributed by atoms with Gasteiger partial charge < -0.3 is 19.7 Å². The van der Waals surface area contributed by atoms with E-state index in [2.05, 4.69) is 5.32 Å². The number of nitrogens with zero attached hydrogens (tertiary/aromatic N) is 1. The topological polar surface area (TPSA) is 84.9 Å². The minimum absolute atomic E-state index is 0.0831. The molecule has 158 valence electrons. The molecule has 1 fully saturated rings. The van der Waals surface area contributed by atoms with Crippen LogP contribution >= 0.6 is 0 Å². The molecule has 3 rings (SSSR count). The first-order valence-electron chi connectivity index (χ1n) is 9.97. The Morgan fingerprint density at radius 1 is 1.10 bits per heavy atom. The van der Waals surface area contributed by atoms with Crippen molar-refractivity contribution in [2.45, 2.75) is 26.3 Å². The monoisotopic (exact) mass is 410 g/mol. The number of para-hydroxylation sites is 2. The van der Waals surface area contributed by atoms with E-state index < -0.39 is 17.8 Å². The Morgan fingerprint density at radius 2 is 1.80 bits per heavy atom. The second-order valence-electron chi connectivity index (χ2n) is 7.08. The van der Waals surface area contributed by atoms with E-state index in [0.717, 1.165) is 23.2 Å². The van der Waals surface area contributed by atoms with Crippen LogP contribution in [0.15, 0.2) is 48.5 Å². The molecule has 0 aromatic heterocycles. The van der Waals surface area contributed by atoms with Gasteiger partial charge in [-0.2, -0.15) is 0 Å². The fraction of sp³-hybridized carbons (Fsp3) is 0.348. The maximum atomic E-state index is 12.4. The lowest BCUT2D eigenvalue weighted by atomic mass is 10.1. The molecule has 0 radical (unpaired) electrons. The van der Waals surface area contributed by atoms with Crippen LogP contribution in [0.2, 0.25) is 0 Å². The third-order valence-electron chi connectivity index (χ3n) is 5.14. The van der Waals surface area contributed by atoms with Gasteiger partial charge in [-0.1, -0.05) is 43.3 Å².